The van der Waals surface area contributed by atoms with E-state index in [9.17, 15) is 4.79 Å². The minimum absolute atomic E-state index is 0.247. The molecule has 0 aromatic heterocycles. The van der Waals surface area contributed by atoms with Gasteiger partial charge in [-0.25, -0.2) is 4.99 Å². The predicted octanol–water partition coefficient (Wildman–Crippen LogP) is 3.87. The van der Waals surface area contributed by atoms with Gasteiger partial charge in [0.05, 0.1) is 31.6 Å². The highest BCUT2D eigenvalue weighted by Gasteiger charge is 2.31. The third kappa shape index (κ3) is 4.75. The van der Waals surface area contributed by atoms with Gasteiger partial charge in [-0.15, -0.1) is 0 Å². The number of carbonyl (C=O) groups is 1. The first-order valence-electron chi connectivity index (χ1n) is 9.21. The number of aliphatic imine (C=N–C) groups is 1. The van der Waals surface area contributed by atoms with Crippen molar-refractivity contribution in [1.29, 1.82) is 5.26 Å². The van der Waals surface area contributed by atoms with Gasteiger partial charge in [-0.2, -0.15) is 5.26 Å². The van der Waals surface area contributed by atoms with Crippen LogP contribution in [0.4, 0.5) is 5.69 Å². The van der Waals surface area contributed by atoms with Crippen molar-refractivity contribution in [2.75, 3.05) is 25.3 Å². The maximum atomic E-state index is 13.2. The van der Waals surface area contributed by atoms with Crippen LogP contribution in [-0.4, -0.2) is 31.0 Å². The molecule has 2 N–H and O–H groups in total. The molecular formula is C22H22N4O3S. The van der Waals surface area contributed by atoms with Crippen LogP contribution in [0.5, 0.6) is 11.5 Å². The van der Waals surface area contributed by atoms with Crippen molar-refractivity contribution in [3.8, 4) is 17.6 Å². The van der Waals surface area contributed by atoms with Gasteiger partial charge in [-0.05, 0) is 31.2 Å². The van der Waals surface area contributed by atoms with E-state index < -0.39 is 6.04 Å². The molecule has 2 aromatic carbocycles. The number of para-hydroxylation sites is 1. The number of carbonyl (C=O) groups excluding carboxylic acids is 1. The number of nitrogens with zero attached hydrogens (tertiary/aromatic N) is 2. The topological polar surface area (TPSA) is 95.7 Å². The summed E-state index contributed by atoms with van der Waals surface area (Å²) in [6, 6.07) is 16.1. The molecule has 2 aromatic rings. The summed E-state index contributed by atoms with van der Waals surface area (Å²) in [6.45, 7) is 1.82. The number of thioether (sulfide) groups is 1. The molecule has 1 aliphatic rings. The number of rotatable bonds is 6. The number of benzene rings is 2. The molecule has 0 bridgehead atoms. The number of ether oxygens (including phenoxy) is 2. The maximum Gasteiger partial charge on any atom is 0.255 e. The third-order valence-electron chi connectivity index (χ3n) is 4.50. The average molecular weight is 423 g/mol. The minimum Gasteiger partial charge on any atom is -0.497 e. The van der Waals surface area contributed by atoms with Crippen LogP contribution >= 0.6 is 11.8 Å². The Kier molecular flexibility index (Phi) is 6.99. The average Bonchev–Trinajstić information content (AvgIpc) is 2.77. The van der Waals surface area contributed by atoms with Gasteiger partial charge in [0.2, 0.25) is 0 Å². The number of hydrogen-bond acceptors (Lipinski definition) is 7. The number of nitrogens with one attached hydrogen (secondary N) is 2. The lowest BCUT2D eigenvalue weighted by molar-refractivity contribution is -0.113. The Balaban J connectivity index is 2.03. The van der Waals surface area contributed by atoms with Crippen molar-refractivity contribution in [1.82, 2.24) is 5.32 Å². The zero-order chi connectivity index (χ0) is 21.5. The van der Waals surface area contributed by atoms with Gasteiger partial charge in [-0.1, -0.05) is 30.0 Å². The molecule has 30 heavy (non-hydrogen) atoms. The van der Waals surface area contributed by atoms with Gasteiger partial charge in [0, 0.05) is 23.0 Å². The zero-order valence-electron chi connectivity index (χ0n) is 16.9. The SMILES string of the molecule is COc1ccc(C2N=C(SCC#N)NC(C)=C2C(=O)Nc2ccccc2)c(OC)c1. The van der Waals surface area contributed by atoms with Gasteiger partial charge in [0.15, 0.2) is 5.17 Å². The first-order chi connectivity index (χ1) is 14.6. The standard InChI is InChI=1S/C22H22N4O3S/c1-14-19(21(27)25-15-7-5-4-6-8-15)20(26-22(24-14)30-12-11-23)17-10-9-16(28-2)13-18(17)29-3/h4-10,13,20H,12H2,1-3H3,(H,24,26)(H,25,27). The van der Waals surface area contributed by atoms with Gasteiger partial charge in [0.1, 0.15) is 17.5 Å². The van der Waals surface area contributed by atoms with E-state index in [0.717, 1.165) is 5.56 Å². The summed E-state index contributed by atoms with van der Waals surface area (Å²) >= 11 is 1.28. The summed E-state index contributed by atoms with van der Waals surface area (Å²) in [6.07, 6.45) is 0. The molecule has 3 rings (SSSR count). The van der Waals surface area contributed by atoms with E-state index in [1.807, 2.05) is 43.3 Å². The second-order valence-electron chi connectivity index (χ2n) is 6.38. The van der Waals surface area contributed by atoms with Crippen LogP contribution in [0.3, 0.4) is 0 Å². The third-order valence-corrected chi connectivity index (χ3v) is 5.26. The number of hydrogen-bond donors (Lipinski definition) is 2. The van der Waals surface area contributed by atoms with Crippen molar-refractivity contribution in [2.24, 2.45) is 4.99 Å². The molecule has 0 spiro atoms. The van der Waals surface area contributed by atoms with Gasteiger partial charge in [-0.3, -0.25) is 4.79 Å². The van der Waals surface area contributed by atoms with E-state index in [1.54, 1.807) is 26.4 Å². The second-order valence-corrected chi connectivity index (χ2v) is 7.34. The van der Waals surface area contributed by atoms with Crippen LogP contribution in [0.1, 0.15) is 18.5 Å². The lowest BCUT2D eigenvalue weighted by atomic mass is 9.95. The van der Waals surface area contributed by atoms with Crippen LogP contribution in [0.15, 0.2) is 64.8 Å². The van der Waals surface area contributed by atoms with Crippen molar-refractivity contribution in [2.45, 2.75) is 13.0 Å². The fourth-order valence-corrected chi connectivity index (χ4v) is 3.71. The summed E-state index contributed by atoms with van der Waals surface area (Å²) in [5.41, 5.74) is 2.56. The van der Waals surface area contributed by atoms with Crippen LogP contribution in [-0.2, 0) is 4.79 Å². The first-order valence-corrected chi connectivity index (χ1v) is 10.2. The highest BCUT2D eigenvalue weighted by molar-refractivity contribution is 8.14. The summed E-state index contributed by atoms with van der Waals surface area (Å²) in [4.78, 5) is 17.9. The molecule has 0 saturated heterocycles. The monoisotopic (exact) mass is 422 g/mol. The molecule has 0 saturated carbocycles. The van der Waals surface area contributed by atoms with Gasteiger partial charge >= 0.3 is 0 Å². The van der Waals surface area contributed by atoms with E-state index in [-0.39, 0.29) is 11.7 Å². The summed E-state index contributed by atoms with van der Waals surface area (Å²) in [7, 11) is 3.14. The van der Waals surface area contributed by atoms with E-state index >= 15 is 0 Å². The Morgan fingerprint density at radius 1 is 1.23 bits per heavy atom. The fourth-order valence-electron chi connectivity index (χ4n) is 3.10. The van der Waals surface area contributed by atoms with Crippen LogP contribution in [0.2, 0.25) is 0 Å². The van der Waals surface area contributed by atoms with E-state index in [0.29, 0.717) is 33.6 Å². The van der Waals surface area contributed by atoms with Crippen molar-refractivity contribution >= 4 is 28.5 Å². The largest absolute Gasteiger partial charge is 0.497 e. The Labute approximate surface area is 179 Å². The minimum atomic E-state index is -0.600. The van der Waals surface area contributed by atoms with Crippen molar-refractivity contribution < 1.29 is 14.3 Å². The molecule has 1 unspecified atom stereocenters. The van der Waals surface area contributed by atoms with Crippen LogP contribution < -0.4 is 20.1 Å². The molecule has 0 fully saturated rings. The zero-order valence-corrected chi connectivity index (χ0v) is 17.7. The fraction of sp³-hybridized carbons (Fsp3) is 0.227. The highest BCUT2D eigenvalue weighted by atomic mass is 32.2. The molecule has 0 aliphatic carbocycles. The molecule has 1 amide bonds. The lowest BCUT2D eigenvalue weighted by Crippen LogP contribution is -2.32. The summed E-state index contributed by atoms with van der Waals surface area (Å²) < 4.78 is 10.8. The Morgan fingerprint density at radius 3 is 2.67 bits per heavy atom. The number of anilines is 1. The highest BCUT2D eigenvalue weighted by Crippen LogP contribution is 2.39. The molecule has 8 heteroatoms. The Morgan fingerprint density at radius 2 is 2.00 bits per heavy atom. The normalized spacial score (nSPS) is 15.5. The molecule has 1 aliphatic heterocycles. The molecule has 7 nitrogen and oxygen atoms in total. The summed E-state index contributed by atoms with van der Waals surface area (Å²) in [5.74, 6) is 1.19. The van der Waals surface area contributed by atoms with Crippen molar-refractivity contribution in [3.63, 3.8) is 0 Å². The quantitative estimate of drug-likeness (QED) is 0.734. The maximum absolute atomic E-state index is 13.2. The Bertz CT molecular complexity index is 1030. The first kappa shape index (κ1) is 21.3. The number of amides is 1. The number of nitriles is 1. The molecule has 0 radical (unpaired) electrons. The summed E-state index contributed by atoms with van der Waals surface area (Å²) in [5, 5.41) is 15.6. The van der Waals surface area contributed by atoms with E-state index in [2.05, 4.69) is 16.7 Å². The van der Waals surface area contributed by atoms with Gasteiger partial charge in [0.25, 0.3) is 5.91 Å². The Hall–Kier alpha value is -3.44. The smallest absolute Gasteiger partial charge is 0.255 e. The van der Waals surface area contributed by atoms with Crippen LogP contribution in [0.25, 0.3) is 0 Å². The molecule has 1 heterocycles. The second kappa shape index (κ2) is 9.85. The lowest BCUT2D eigenvalue weighted by Gasteiger charge is -2.27. The number of methoxy groups -OCH3 is 2. The number of allylic oxidation sites excluding steroid dienone is 1. The number of amidine groups is 1. The van der Waals surface area contributed by atoms with E-state index in [4.69, 9.17) is 19.7 Å². The molecular weight excluding hydrogens is 400 g/mol. The van der Waals surface area contributed by atoms with Crippen molar-refractivity contribution in [3.05, 3.63) is 65.4 Å². The molecule has 1 atom stereocenters. The predicted molar refractivity (Wildman–Crippen MR) is 119 cm³/mol. The molecule has 154 valence electrons. The van der Waals surface area contributed by atoms with Crippen LogP contribution in [0, 0.1) is 11.3 Å². The van der Waals surface area contributed by atoms with E-state index in [1.165, 1.54) is 11.8 Å². The van der Waals surface area contributed by atoms with Gasteiger partial charge < -0.3 is 20.1 Å².